The molecule has 0 N–H and O–H groups in total. The highest BCUT2D eigenvalue weighted by Gasteiger charge is 2.22. The van der Waals surface area contributed by atoms with Crippen molar-refractivity contribution in [3.8, 4) is 0 Å². The first-order valence-electron chi connectivity index (χ1n) is 5.06. The molecule has 4 heteroatoms. The summed E-state index contributed by atoms with van der Waals surface area (Å²) in [5.41, 5.74) is 1.02. The second-order valence-corrected chi connectivity index (χ2v) is 5.29. The summed E-state index contributed by atoms with van der Waals surface area (Å²) in [6.07, 6.45) is 3.27. The molecule has 1 unspecified atom stereocenters. The number of hydrogen-bond donors (Lipinski definition) is 0. The zero-order chi connectivity index (χ0) is 10.3. The minimum absolute atomic E-state index is 0.567. The first kappa shape index (κ1) is 9.55. The number of pyridine rings is 1. The third-order valence-corrected chi connectivity index (χ3v) is 4.27. The maximum absolute atomic E-state index is 6.12. The Balaban J connectivity index is 2.17. The van der Waals surface area contributed by atoms with E-state index in [-0.39, 0.29) is 0 Å². The molecule has 1 aliphatic rings. The summed E-state index contributed by atoms with van der Waals surface area (Å²) in [5, 5.41) is 0.627. The van der Waals surface area contributed by atoms with Crippen LogP contribution in [0.25, 0.3) is 5.52 Å². The van der Waals surface area contributed by atoms with Crippen LogP contribution in [0.2, 0.25) is 5.15 Å². The number of nitrogens with zero attached hydrogens (tertiary/aromatic N) is 2. The van der Waals surface area contributed by atoms with E-state index in [1.165, 1.54) is 17.9 Å². The molecule has 0 radical (unpaired) electrons. The molecule has 15 heavy (non-hydrogen) atoms. The summed E-state index contributed by atoms with van der Waals surface area (Å²) in [6.45, 7) is 0. The van der Waals surface area contributed by atoms with Gasteiger partial charge in [0.2, 0.25) is 0 Å². The molecule has 0 aromatic carbocycles. The Morgan fingerprint density at radius 3 is 3.20 bits per heavy atom. The summed E-state index contributed by atoms with van der Waals surface area (Å²) in [4.78, 5) is 4.49. The summed E-state index contributed by atoms with van der Waals surface area (Å²) < 4.78 is 2.12. The van der Waals surface area contributed by atoms with E-state index in [9.17, 15) is 0 Å². The molecule has 3 rings (SSSR count). The van der Waals surface area contributed by atoms with E-state index in [4.69, 9.17) is 11.6 Å². The average molecular weight is 239 g/mol. The van der Waals surface area contributed by atoms with Gasteiger partial charge in [-0.25, -0.2) is 4.98 Å². The van der Waals surface area contributed by atoms with Gasteiger partial charge in [0.25, 0.3) is 0 Å². The zero-order valence-corrected chi connectivity index (χ0v) is 9.76. The average Bonchev–Trinajstić information content (AvgIpc) is 2.87. The van der Waals surface area contributed by atoms with Gasteiger partial charge in [-0.05, 0) is 24.3 Å². The summed E-state index contributed by atoms with van der Waals surface area (Å²) in [7, 11) is 0. The first-order valence-corrected chi connectivity index (χ1v) is 6.60. The number of halogens is 1. The van der Waals surface area contributed by atoms with E-state index >= 15 is 0 Å². The first-order chi connectivity index (χ1) is 7.36. The molecule has 1 atom stereocenters. The molecule has 2 aromatic heterocycles. The number of rotatable bonds is 1. The van der Waals surface area contributed by atoms with Gasteiger partial charge in [0.05, 0.1) is 5.52 Å². The highest BCUT2D eigenvalue weighted by Crippen LogP contribution is 2.33. The molecule has 78 valence electrons. The van der Waals surface area contributed by atoms with Gasteiger partial charge >= 0.3 is 0 Å². The molecule has 1 saturated heterocycles. The Bertz CT molecular complexity index is 488. The fourth-order valence-corrected chi connectivity index (χ4v) is 3.51. The lowest BCUT2D eigenvalue weighted by Gasteiger charge is -2.06. The predicted molar refractivity (Wildman–Crippen MR) is 64.9 cm³/mol. The van der Waals surface area contributed by atoms with Gasteiger partial charge < -0.3 is 4.40 Å². The number of imidazole rings is 1. The lowest BCUT2D eigenvalue weighted by molar-refractivity contribution is 0.713. The van der Waals surface area contributed by atoms with E-state index in [0.29, 0.717) is 11.1 Å². The fourth-order valence-electron chi connectivity index (χ4n) is 2.05. The summed E-state index contributed by atoms with van der Waals surface area (Å²) >= 11 is 8.12. The topological polar surface area (TPSA) is 17.3 Å². The highest BCUT2D eigenvalue weighted by atomic mass is 35.5. The lowest BCUT2D eigenvalue weighted by atomic mass is 10.1. The van der Waals surface area contributed by atoms with E-state index in [2.05, 4.69) is 9.38 Å². The second-order valence-electron chi connectivity index (χ2n) is 3.78. The van der Waals surface area contributed by atoms with Crippen molar-refractivity contribution < 1.29 is 0 Å². The molecular formula is C11H11ClN2S. The molecule has 0 bridgehead atoms. The van der Waals surface area contributed by atoms with Crippen molar-refractivity contribution in [1.82, 2.24) is 9.38 Å². The van der Waals surface area contributed by atoms with Gasteiger partial charge in [-0.3, -0.25) is 0 Å². The van der Waals surface area contributed by atoms with Crippen LogP contribution in [0.15, 0.2) is 24.4 Å². The molecule has 1 aliphatic heterocycles. The Morgan fingerprint density at radius 2 is 2.40 bits per heavy atom. The van der Waals surface area contributed by atoms with Gasteiger partial charge in [-0.1, -0.05) is 17.7 Å². The van der Waals surface area contributed by atoms with Crippen LogP contribution >= 0.6 is 23.4 Å². The molecule has 3 heterocycles. The zero-order valence-electron chi connectivity index (χ0n) is 8.19. The number of fused-ring (bicyclic) bond motifs is 1. The third kappa shape index (κ3) is 1.54. The van der Waals surface area contributed by atoms with Crippen LogP contribution in [-0.2, 0) is 0 Å². The van der Waals surface area contributed by atoms with Crippen LogP contribution < -0.4 is 0 Å². The number of hydrogen-bond acceptors (Lipinski definition) is 2. The quantitative estimate of drug-likeness (QED) is 0.759. The second kappa shape index (κ2) is 3.72. The molecule has 2 aromatic rings. The normalized spacial score (nSPS) is 21.3. The predicted octanol–water partition coefficient (Wildman–Crippen LogP) is 3.21. The third-order valence-electron chi connectivity index (χ3n) is 2.83. The van der Waals surface area contributed by atoms with Gasteiger partial charge in [0.1, 0.15) is 5.82 Å². The molecule has 0 amide bonds. The van der Waals surface area contributed by atoms with Crippen LogP contribution in [-0.4, -0.2) is 20.9 Å². The molecule has 0 aliphatic carbocycles. The lowest BCUT2D eigenvalue weighted by Crippen LogP contribution is -2.02. The summed E-state index contributed by atoms with van der Waals surface area (Å²) in [6, 6.07) is 6.04. The number of thioether (sulfide) groups is 1. The van der Waals surface area contributed by atoms with Crippen LogP contribution in [0.4, 0.5) is 0 Å². The maximum atomic E-state index is 6.12. The van der Waals surface area contributed by atoms with E-state index < -0.39 is 0 Å². The van der Waals surface area contributed by atoms with Gasteiger partial charge in [-0.15, -0.1) is 0 Å². The van der Waals surface area contributed by atoms with Gasteiger partial charge in [0.15, 0.2) is 5.15 Å². The molecule has 1 fully saturated rings. The Labute approximate surface area is 97.6 Å². The van der Waals surface area contributed by atoms with Crippen molar-refractivity contribution >= 4 is 28.9 Å². The Kier molecular flexibility index (Phi) is 2.37. The minimum atomic E-state index is 0.567. The van der Waals surface area contributed by atoms with E-state index in [1.54, 1.807) is 0 Å². The van der Waals surface area contributed by atoms with Crippen molar-refractivity contribution in [2.75, 3.05) is 11.5 Å². The van der Waals surface area contributed by atoms with Gasteiger partial charge in [-0.2, -0.15) is 11.8 Å². The van der Waals surface area contributed by atoms with Gasteiger partial charge in [0, 0.05) is 17.9 Å². The van der Waals surface area contributed by atoms with Crippen LogP contribution in [0, 0.1) is 0 Å². The van der Waals surface area contributed by atoms with E-state index in [1.807, 2.05) is 36.2 Å². The van der Waals surface area contributed by atoms with Crippen molar-refractivity contribution in [3.05, 3.63) is 35.4 Å². The molecule has 0 spiro atoms. The standard InChI is InChI=1S/C11H11ClN2S/c12-10-9-3-1-2-5-14(9)11(13-10)8-4-6-15-7-8/h1-3,5,8H,4,6-7H2. The molecular weight excluding hydrogens is 228 g/mol. The maximum Gasteiger partial charge on any atom is 0.155 e. The SMILES string of the molecule is Clc1nc(C2CCSC2)n2ccccc12. The highest BCUT2D eigenvalue weighted by molar-refractivity contribution is 7.99. The monoisotopic (exact) mass is 238 g/mol. The Hall–Kier alpha value is -0.670. The fraction of sp³-hybridized carbons (Fsp3) is 0.364. The Morgan fingerprint density at radius 1 is 1.47 bits per heavy atom. The molecule has 2 nitrogen and oxygen atoms in total. The van der Waals surface area contributed by atoms with Crippen molar-refractivity contribution in [2.45, 2.75) is 12.3 Å². The smallest absolute Gasteiger partial charge is 0.155 e. The van der Waals surface area contributed by atoms with Crippen LogP contribution in [0.3, 0.4) is 0 Å². The van der Waals surface area contributed by atoms with Crippen LogP contribution in [0.5, 0.6) is 0 Å². The largest absolute Gasteiger partial charge is 0.302 e. The van der Waals surface area contributed by atoms with E-state index in [0.717, 1.165) is 11.3 Å². The minimum Gasteiger partial charge on any atom is -0.302 e. The van der Waals surface area contributed by atoms with Crippen molar-refractivity contribution in [3.63, 3.8) is 0 Å². The molecule has 0 saturated carbocycles. The van der Waals surface area contributed by atoms with Crippen molar-refractivity contribution in [2.24, 2.45) is 0 Å². The van der Waals surface area contributed by atoms with Crippen LogP contribution in [0.1, 0.15) is 18.2 Å². The number of aromatic nitrogens is 2. The van der Waals surface area contributed by atoms with Crippen molar-refractivity contribution in [1.29, 1.82) is 0 Å². The summed E-state index contributed by atoms with van der Waals surface area (Å²) in [5.74, 6) is 4.10.